The van der Waals surface area contributed by atoms with E-state index in [0.717, 1.165) is 24.0 Å². The number of nitrogens with zero attached hydrogens (tertiary/aromatic N) is 3. The Balaban J connectivity index is 1.51. The van der Waals surface area contributed by atoms with Crippen molar-refractivity contribution >= 4 is 5.91 Å². The first-order chi connectivity index (χ1) is 16.4. The maximum absolute atomic E-state index is 12.9. The Kier molecular flexibility index (Phi) is 7.19. The van der Waals surface area contributed by atoms with E-state index in [1.165, 1.54) is 24.4 Å². The fourth-order valence-electron chi connectivity index (χ4n) is 3.30. The molecule has 7 nitrogen and oxygen atoms in total. The summed E-state index contributed by atoms with van der Waals surface area (Å²) >= 11 is 0. The Labute approximate surface area is 192 Å². The van der Waals surface area contributed by atoms with Crippen LogP contribution in [-0.4, -0.2) is 34.1 Å². The van der Waals surface area contributed by atoms with E-state index in [-0.39, 0.29) is 35.6 Å². The number of pyridine rings is 1. The predicted molar refractivity (Wildman–Crippen MR) is 112 cm³/mol. The highest BCUT2D eigenvalue weighted by molar-refractivity contribution is 5.80. The van der Waals surface area contributed by atoms with Gasteiger partial charge in [-0.05, 0) is 47.7 Å². The summed E-state index contributed by atoms with van der Waals surface area (Å²) < 4.78 is 59.8. The Hall–Kier alpha value is -3.76. The van der Waals surface area contributed by atoms with Crippen LogP contribution in [0.25, 0.3) is 11.1 Å². The van der Waals surface area contributed by atoms with E-state index in [4.69, 9.17) is 0 Å². The molecule has 0 radical (unpaired) electrons. The lowest BCUT2D eigenvalue weighted by Gasteiger charge is -2.14. The number of ether oxygens (including phenoxy) is 2. The van der Waals surface area contributed by atoms with Crippen molar-refractivity contribution in [1.82, 2.24) is 20.3 Å². The van der Waals surface area contributed by atoms with Crippen molar-refractivity contribution < 1.29 is 31.8 Å². The molecule has 34 heavy (non-hydrogen) atoms. The van der Waals surface area contributed by atoms with Gasteiger partial charge in [0.15, 0.2) is 0 Å². The second kappa shape index (κ2) is 10.4. The first kappa shape index (κ1) is 23.4. The van der Waals surface area contributed by atoms with Crippen LogP contribution in [0, 0.1) is 5.92 Å². The quantitative estimate of drug-likeness (QED) is 0.438. The van der Waals surface area contributed by atoms with Gasteiger partial charge in [0, 0.05) is 42.6 Å². The third-order valence-electron chi connectivity index (χ3n) is 5.05. The number of hydrogen-bond donors (Lipinski definition) is 1. The largest absolute Gasteiger partial charge is 0.434 e. The third kappa shape index (κ3) is 6.40. The number of amides is 1. The molecule has 0 saturated heterocycles. The van der Waals surface area contributed by atoms with Gasteiger partial charge in [0.05, 0.1) is 6.54 Å². The summed E-state index contributed by atoms with van der Waals surface area (Å²) in [7, 11) is 0. The van der Waals surface area contributed by atoms with Crippen LogP contribution in [0.4, 0.5) is 17.6 Å². The Morgan fingerprint density at radius 2 is 1.71 bits per heavy atom. The second-order valence-corrected chi connectivity index (χ2v) is 7.65. The van der Waals surface area contributed by atoms with Crippen molar-refractivity contribution in [1.29, 1.82) is 0 Å². The monoisotopic (exact) mass is 476 g/mol. The van der Waals surface area contributed by atoms with Gasteiger partial charge in [0.2, 0.25) is 11.8 Å². The molecule has 1 amide bonds. The van der Waals surface area contributed by atoms with Crippen molar-refractivity contribution in [2.24, 2.45) is 5.92 Å². The molecule has 0 unspecified atom stereocenters. The lowest BCUT2D eigenvalue weighted by atomic mass is 9.99. The predicted octanol–water partition coefficient (Wildman–Crippen LogP) is 4.36. The van der Waals surface area contributed by atoms with Crippen molar-refractivity contribution in [2.75, 3.05) is 0 Å². The van der Waals surface area contributed by atoms with Crippen molar-refractivity contribution in [2.45, 2.75) is 39.0 Å². The number of nitrogens with one attached hydrogen (secondary N) is 1. The zero-order chi connectivity index (χ0) is 24.1. The highest BCUT2D eigenvalue weighted by Gasteiger charge is 2.29. The number of aromatic nitrogens is 3. The maximum atomic E-state index is 12.9. The Bertz CT molecular complexity index is 1140. The average Bonchev–Trinajstić information content (AvgIpc) is 3.64. The van der Waals surface area contributed by atoms with E-state index >= 15 is 0 Å². The third-order valence-corrected chi connectivity index (χ3v) is 5.05. The Morgan fingerprint density at radius 1 is 0.971 bits per heavy atom. The normalized spacial score (nSPS) is 13.2. The topological polar surface area (TPSA) is 86.2 Å². The molecule has 0 bridgehead atoms. The summed E-state index contributed by atoms with van der Waals surface area (Å²) in [5, 5.41) is 2.79. The zero-order valence-electron chi connectivity index (χ0n) is 17.8. The molecule has 4 rings (SSSR count). The van der Waals surface area contributed by atoms with Crippen molar-refractivity contribution in [3.63, 3.8) is 0 Å². The van der Waals surface area contributed by atoms with Gasteiger partial charge in [-0.25, -0.2) is 15.0 Å². The van der Waals surface area contributed by atoms with E-state index < -0.39 is 13.2 Å². The van der Waals surface area contributed by atoms with Crippen LogP contribution < -0.4 is 14.8 Å². The maximum Gasteiger partial charge on any atom is 0.388 e. The van der Waals surface area contributed by atoms with Crippen LogP contribution in [0.1, 0.15) is 29.8 Å². The SMILES string of the molecule is O=C(NCc1ncc(Cc2ccc(OC(F)F)c(-c3ccnc(OC(F)F)c3)c2)cn1)C1CC1. The van der Waals surface area contributed by atoms with E-state index in [0.29, 0.717) is 17.8 Å². The average molecular weight is 476 g/mol. The minimum Gasteiger partial charge on any atom is -0.434 e. The molecule has 2 aromatic heterocycles. The number of carbonyl (C=O) groups excluding carboxylic acids is 1. The summed E-state index contributed by atoms with van der Waals surface area (Å²) in [5.74, 6) is 0.112. The van der Waals surface area contributed by atoms with Crippen LogP contribution >= 0.6 is 0 Å². The van der Waals surface area contributed by atoms with Gasteiger partial charge in [0.1, 0.15) is 11.6 Å². The molecule has 11 heteroatoms. The van der Waals surface area contributed by atoms with Gasteiger partial charge in [-0.3, -0.25) is 4.79 Å². The number of benzene rings is 1. The molecular weight excluding hydrogens is 456 g/mol. The lowest BCUT2D eigenvalue weighted by molar-refractivity contribution is -0.122. The number of rotatable bonds is 10. The summed E-state index contributed by atoms with van der Waals surface area (Å²) in [6.07, 6.45) is 6.68. The number of hydrogen-bond acceptors (Lipinski definition) is 6. The van der Waals surface area contributed by atoms with Crippen molar-refractivity contribution in [3.05, 3.63) is 65.9 Å². The molecule has 1 aromatic carbocycles. The molecule has 0 aliphatic heterocycles. The number of alkyl halides is 4. The first-order valence-corrected chi connectivity index (χ1v) is 10.4. The molecule has 178 valence electrons. The molecule has 1 saturated carbocycles. The van der Waals surface area contributed by atoms with Crippen molar-refractivity contribution in [3.8, 4) is 22.8 Å². The summed E-state index contributed by atoms with van der Waals surface area (Å²) in [6.45, 7) is -5.90. The molecular formula is C23H20F4N4O3. The number of carbonyl (C=O) groups is 1. The molecule has 1 aliphatic carbocycles. The van der Waals surface area contributed by atoms with Gasteiger partial charge >= 0.3 is 13.2 Å². The number of halogens is 4. The fraction of sp³-hybridized carbons (Fsp3) is 0.304. The van der Waals surface area contributed by atoms with E-state index in [1.807, 2.05) is 0 Å². The Morgan fingerprint density at radius 3 is 2.38 bits per heavy atom. The van der Waals surface area contributed by atoms with Crippen LogP contribution in [0.15, 0.2) is 48.9 Å². The van der Waals surface area contributed by atoms with E-state index in [1.54, 1.807) is 24.5 Å². The molecule has 1 N–H and O–H groups in total. The molecule has 0 atom stereocenters. The standard InChI is InChI=1S/C23H20F4N4O3/c24-22(25)33-18-4-1-13(8-17(18)16-5-6-28-20(9-16)34-23(26)27)7-14-10-29-19(30-11-14)12-31-21(32)15-2-3-15/h1,4-6,8-11,15,22-23H,2-3,7,12H2,(H,31,32). The van der Waals surface area contributed by atoms with Gasteiger partial charge in [-0.15, -0.1) is 0 Å². The minimum atomic E-state index is -3.07. The van der Waals surface area contributed by atoms with Gasteiger partial charge < -0.3 is 14.8 Å². The lowest BCUT2D eigenvalue weighted by Crippen LogP contribution is -2.25. The van der Waals surface area contributed by atoms with E-state index in [9.17, 15) is 22.4 Å². The smallest absolute Gasteiger partial charge is 0.388 e. The van der Waals surface area contributed by atoms with Gasteiger partial charge in [-0.2, -0.15) is 17.6 Å². The molecule has 3 aromatic rings. The van der Waals surface area contributed by atoms with Crippen LogP contribution in [0.2, 0.25) is 0 Å². The molecule has 1 fully saturated rings. The van der Waals surface area contributed by atoms with E-state index in [2.05, 4.69) is 29.7 Å². The minimum absolute atomic E-state index is 0.00420. The molecule has 2 heterocycles. The summed E-state index contributed by atoms with van der Waals surface area (Å²) in [6, 6.07) is 7.31. The highest BCUT2D eigenvalue weighted by atomic mass is 19.3. The van der Waals surface area contributed by atoms with Gasteiger partial charge in [-0.1, -0.05) is 6.07 Å². The molecule has 0 spiro atoms. The highest BCUT2D eigenvalue weighted by Crippen LogP contribution is 2.34. The van der Waals surface area contributed by atoms with Crippen LogP contribution in [0.5, 0.6) is 11.6 Å². The van der Waals surface area contributed by atoms with Gasteiger partial charge in [0.25, 0.3) is 0 Å². The first-order valence-electron chi connectivity index (χ1n) is 10.4. The van der Waals surface area contributed by atoms with Crippen LogP contribution in [0.3, 0.4) is 0 Å². The fourth-order valence-corrected chi connectivity index (χ4v) is 3.30. The van der Waals surface area contributed by atoms with Crippen LogP contribution in [-0.2, 0) is 17.8 Å². The summed E-state index contributed by atoms with van der Waals surface area (Å²) in [5.41, 5.74) is 2.06. The zero-order valence-corrected chi connectivity index (χ0v) is 17.8. The summed E-state index contributed by atoms with van der Waals surface area (Å²) in [4.78, 5) is 23.9. The second-order valence-electron chi connectivity index (χ2n) is 7.65. The molecule has 1 aliphatic rings.